The lowest BCUT2D eigenvalue weighted by atomic mass is 10.0. The summed E-state index contributed by atoms with van der Waals surface area (Å²) in [5, 5.41) is 13.1. The molecule has 0 radical (unpaired) electrons. The van der Waals surface area contributed by atoms with Crippen molar-refractivity contribution >= 4 is 17.4 Å². The zero-order chi connectivity index (χ0) is 14.4. The number of anilines is 1. The van der Waals surface area contributed by atoms with Gasteiger partial charge in [0.1, 0.15) is 16.9 Å². The zero-order valence-electron chi connectivity index (χ0n) is 11.9. The average Bonchev–Trinajstić information content (AvgIpc) is 2.48. The summed E-state index contributed by atoms with van der Waals surface area (Å²) in [5.41, 5.74) is 0.495. The van der Waals surface area contributed by atoms with Crippen molar-refractivity contribution in [2.45, 2.75) is 38.6 Å². The summed E-state index contributed by atoms with van der Waals surface area (Å²) in [5.74, 6) is 0.736. The normalized spacial score (nSPS) is 18.6. The van der Waals surface area contributed by atoms with Gasteiger partial charge in [-0.2, -0.15) is 5.26 Å². The third-order valence-corrected chi connectivity index (χ3v) is 4.01. The Kier molecular flexibility index (Phi) is 5.63. The Morgan fingerprint density at radius 2 is 2.40 bits per heavy atom. The van der Waals surface area contributed by atoms with Gasteiger partial charge in [0.15, 0.2) is 0 Å². The molecule has 2 heterocycles. The molecule has 2 rings (SSSR count). The Bertz CT molecular complexity index is 477. The highest BCUT2D eigenvalue weighted by Crippen LogP contribution is 2.27. The number of aromatic nitrogens is 1. The van der Waals surface area contributed by atoms with Crippen LogP contribution in [0.15, 0.2) is 12.3 Å². The molecular weight excluding hydrogens is 272 g/mol. The minimum atomic E-state index is 0.472. The molecule has 4 nitrogen and oxygen atoms in total. The molecule has 1 N–H and O–H groups in total. The Morgan fingerprint density at radius 3 is 3.05 bits per heavy atom. The third-order valence-electron chi connectivity index (χ3n) is 3.64. The lowest BCUT2D eigenvalue weighted by molar-refractivity contribution is 0.398. The van der Waals surface area contributed by atoms with E-state index in [1.165, 1.54) is 19.3 Å². The number of nitriles is 1. The zero-order valence-corrected chi connectivity index (χ0v) is 12.7. The SMILES string of the molecule is CCCN(CC1CCCCN1)c1nccc(C#N)c1Cl. The van der Waals surface area contributed by atoms with E-state index in [1.54, 1.807) is 12.3 Å². The van der Waals surface area contributed by atoms with Crippen LogP contribution >= 0.6 is 11.6 Å². The fraction of sp³-hybridized carbons (Fsp3) is 0.600. The van der Waals surface area contributed by atoms with Gasteiger partial charge in [0.25, 0.3) is 0 Å². The molecule has 0 bridgehead atoms. The van der Waals surface area contributed by atoms with Crippen LogP contribution in [0.2, 0.25) is 5.02 Å². The first-order valence-corrected chi connectivity index (χ1v) is 7.67. The molecule has 1 aromatic rings. The van der Waals surface area contributed by atoms with Crippen molar-refractivity contribution in [1.29, 1.82) is 5.26 Å². The van der Waals surface area contributed by atoms with Gasteiger partial charge >= 0.3 is 0 Å². The number of nitrogens with zero attached hydrogens (tertiary/aromatic N) is 3. The second kappa shape index (κ2) is 7.47. The summed E-state index contributed by atoms with van der Waals surface area (Å²) in [7, 11) is 0. The van der Waals surface area contributed by atoms with Crippen molar-refractivity contribution in [3.8, 4) is 6.07 Å². The lowest BCUT2D eigenvalue weighted by Gasteiger charge is -2.31. The molecule has 20 heavy (non-hydrogen) atoms. The van der Waals surface area contributed by atoms with Crippen LogP contribution in [0.4, 0.5) is 5.82 Å². The second-order valence-electron chi connectivity index (χ2n) is 5.20. The largest absolute Gasteiger partial charge is 0.354 e. The topological polar surface area (TPSA) is 52.0 Å². The van der Waals surface area contributed by atoms with Crippen molar-refractivity contribution in [3.63, 3.8) is 0 Å². The van der Waals surface area contributed by atoms with E-state index in [2.05, 4.69) is 28.2 Å². The Labute approximate surface area is 125 Å². The molecule has 5 heteroatoms. The maximum Gasteiger partial charge on any atom is 0.148 e. The van der Waals surface area contributed by atoms with E-state index in [0.29, 0.717) is 16.6 Å². The molecule has 0 saturated carbocycles. The first-order chi connectivity index (χ1) is 9.76. The molecule has 1 unspecified atom stereocenters. The van der Waals surface area contributed by atoms with Crippen LogP contribution in [0.5, 0.6) is 0 Å². The first kappa shape index (κ1) is 15.1. The molecule has 0 aliphatic carbocycles. The fourth-order valence-electron chi connectivity index (χ4n) is 2.64. The van der Waals surface area contributed by atoms with E-state index in [0.717, 1.165) is 31.9 Å². The predicted octanol–water partition coefficient (Wildman–Crippen LogP) is 2.97. The number of hydrogen-bond acceptors (Lipinski definition) is 4. The average molecular weight is 293 g/mol. The van der Waals surface area contributed by atoms with E-state index in [4.69, 9.17) is 16.9 Å². The molecule has 0 amide bonds. The van der Waals surface area contributed by atoms with Crippen LogP contribution in [0, 0.1) is 11.3 Å². The van der Waals surface area contributed by atoms with E-state index < -0.39 is 0 Å². The molecular formula is C15H21ClN4. The van der Waals surface area contributed by atoms with Gasteiger partial charge in [0.05, 0.1) is 5.56 Å². The summed E-state index contributed by atoms with van der Waals surface area (Å²) in [4.78, 5) is 6.59. The molecule has 1 aliphatic rings. The van der Waals surface area contributed by atoms with Crippen molar-refractivity contribution in [2.24, 2.45) is 0 Å². The fourth-order valence-corrected chi connectivity index (χ4v) is 2.91. The second-order valence-corrected chi connectivity index (χ2v) is 5.58. The number of pyridine rings is 1. The van der Waals surface area contributed by atoms with Gasteiger partial charge in [0, 0.05) is 25.3 Å². The van der Waals surface area contributed by atoms with Gasteiger partial charge < -0.3 is 10.2 Å². The van der Waals surface area contributed by atoms with Crippen molar-refractivity contribution in [1.82, 2.24) is 10.3 Å². The van der Waals surface area contributed by atoms with Gasteiger partial charge in [-0.15, -0.1) is 0 Å². The van der Waals surface area contributed by atoms with Gasteiger partial charge in [-0.25, -0.2) is 4.98 Å². The first-order valence-electron chi connectivity index (χ1n) is 7.29. The molecule has 108 valence electrons. The highest BCUT2D eigenvalue weighted by Gasteiger charge is 2.20. The molecule has 0 aromatic carbocycles. The summed E-state index contributed by atoms with van der Waals surface area (Å²) in [6.07, 6.45) is 6.41. The van der Waals surface area contributed by atoms with E-state index in [9.17, 15) is 0 Å². The van der Waals surface area contributed by atoms with Crippen LogP contribution < -0.4 is 10.2 Å². The van der Waals surface area contributed by atoms with Gasteiger partial charge in [-0.3, -0.25) is 0 Å². The maximum atomic E-state index is 9.08. The minimum absolute atomic E-state index is 0.472. The standard InChI is InChI=1S/C15H21ClN4/c1-2-9-20(11-13-5-3-4-7-18-13)15-14(16)12(10-17)6-8-19-15/h6,8,13,18H,2-5,7,9,11H2,1H3. The van der Waals surface area contributed by atoms with Crippen LogP contribution in [-0.2, 0) is 0 Å². The van der Waals surface area contributed by atoms with Crippen LogP contribution in [0.1, 0.15) is 38.2 Å². The molecule has 1 saturated heterocycles. The Hall–Kier alpha value is -1.31. The monoisotopic (exact) mass is 292 g/mol. The summed E-state index contributed by atoms with van der Waals surface area (Å²) in [6, 6.07) is 4.27. The van der Waals surface area contributed by atoms with Crippen LogP contribution in [-0.4, -0.2) is 30.7 Å². The number of hydrogen-bond donors (Lipinski definition) is 1. The molecule has 1 atom stereocenters. The Balaban J connectivity index is 2.17. The minimum Gasteiger partial charge on any atom is -0.354 e. The number of rotatable bonds is 5. The van der Waals surface area contributed by atoms with E-state index in [-0.39, 0.29) is 0 Å². The molecule has 1 aromatic heterocycles. The van der Waals surface area contributed by atoms with Gasteiger partial charge in [-0.05, 0) is 31.9 Å². The predicted molar refractivity (Wildman–Crippen MR) is 82.1 cm³/mol. The van der Waals surface area contributed by atoms with Crippen LogP contribution in [0.25, 0.3) is 0 Å². The van der Waals surface area contributed by atoms with Crippen molar-refractivity contribution in [2.75, 3.05) is 24.5 Å². The summed E-state index contributed by atoms with van der Waals surface area (Å²) >= 11 is 6.31. The van der Waals surface area contributed by atoms with Crippen LogP contribution in [0.3, 0.4) is 0 Å². The number of halogens is 1. The molecule has 1 fully saturated rings. The van der Waals surface area contributed by atoms with E-state index >= 15 is 0 Å². The van der Waals surface area contributed by atoms with Gasteiger partial charge in [0.2, 0.25) is 0 Å². The third kappa shape index (κ3) is 3.62. The van der Waals surface area contributed by atoms with Gasteiger partial charge in [-0.1, -0.05) is 24.9 Å². The molecule has 1 aliphatic heterocycles. The number of piperidine rings is 1. The summed E-state index contributed by atoms with van der Waals surface area (Å²) < 4.78 is 0. The quantitative estimate of drug-likeness (QED) is 0.906. The lowest BCUT2D eigenvalue weighted by Crippen LogP contribution is -2.44. The maximum absolute atomic E-state index is 9.08. The van der Waals surface area contributed by atoms with Crippen molar-refractivity contribution in [3.05, 3.63) is 22.8 Å². The highest BCUT2D eigenvalue weighted by atomic mass is 35.5. The Morgan fingerprint density at radius 1 is 1.55 bits per heavy atom. The van der Waals surface area contributed by atoms with E-state index in [1.807, 2.05) is 0 Å². The van der Waals surface area contributed by atoms with Crippen molar-refractivity contribution < 1.29 is 0 Å². The number of nitrogens with one attached hydrogen (secondary N) is 1. The smallest absolute Gasteiger partial charge is 0.148 e. The summed E-state index contributed by atoms with van der Waals surface area (Å²) in [6.45, 7) is 5.03. The molecule has 0 spiro atoms. The highest BCUT2D eigenvalue weighted by molar-refractivity contribution is 6.34.